The van der Waals surface area contributed by atoms with E-state index in [4.69, 9.17) is 0 Å². The molecule has 1 aromatic carbocycles. The number of nitrogens with one attached hydrogen (secondary N) is 1. The van der Waals surface area contributed by atoms with Crippen molar-refractivity contribution < 1.29 is 9.90 Å². The molecule has 2 saturated heterocycles. The average Bonchev–Trinajstić information content (AvgIpc) is 3.35. The zero-order valence-corrected chi connectivity index (χ0v) is 16.4. The fourth-order valence-electron chi connectivity index (χ4n) is 5.59. The standard InChI is InChI=1S/C22H28N4O2/c1-25-10-9-23-21(25)22(28)12-18-7-8-19(13-22)26(18)14-20(27)24-17-6-5-15-3-2-4-16(15)11-17/h5-6,9-11,18-19,28H,2-4,7-8,12-14H2,1H3,(H,24,27)/t18-,19-/m0/s1. The number of aliphatic hydroxyl groups is 1. The zero-order valence-electron chi connectivity index (χ0n) is 16.4. The summed E-state index contributed by atoms with van der Waals surface area (Å²) < 4.78 is 1.91. The molecule has 0 radical (unpaired) electrons. The van der Waals surface area contributed by atoms with Crippen LogP contribution in [0.25, 0.3) is 0 Å². The van der Waals surface area contributed by atoms with Crippen LogP contribution in [0.1, 0.15) is 49.1 Å². The van der Waals surface area contributed by atoms with Gasteiger partial charge in [-0.05, 0) is 68.2 Å². The van der Waals surface area contributed by atoms with Crippen molar-refractivity contribution in [2.24, 2.45) is 7.05 Å². The molecule has 3 aliphatic rings. The summed E-state index contributed by atoms with van der Waals surface area (Å²) in [6.45, 7) is 0.392. The molecular weight excluding hydrogens is 352 g/mol. The third kappa shape index (κ3) is 3.05. The van der Waals surface area contributed by atoms with Crippen LogP contribution in [0.3, 0.4) is 0 Å². The second-order valence-electron chi connectivity index (χ2n) is 8.74. The largest absolute Gasteiger partial charge is 0.382 e. The van der Waals surface area contributed by atoms with Crippen LogP contribution in [0.4, 0.5) is 5.69 Å². The number of imidazole rings is 1. The number of fused-ring (bicyclic) bond motifs is 3. The molecule has 6 nitrogen and oxygen atoms in total. The Morgan fingerprint density at radius 3 is 2.71 bits per heavy atom. The van der Waals surface area contributed by atoms with Gasteiger partial charge >= 0.3 is 0 Å². The lowest BCUT2D eigenvalue weighted by Crippen LogP contribution is -2.52. The summed E-state index contributed by atoms with van der Waals surface area (Å²) in [6.07, 6.45) is 10.4. The predicted octanol–water partition coefficient (Wildman–Crippen LogP) is 2.36. The summed E-state index contributed by atoms with van der Waals surface area (Å²) in [4.78, 5) is 19.4. The van der Waals surface area contributed by atoms with Crippen molar-refractivity contribution in [2.75, 3.05) is 11.9 Å². The van der Waals surface area contributed by atoms with Crippen LogP contribution in [-0.2, 0) is 30.3 Å². The Morgan fingerprint density at radius 2 is 2.00 bits per heavy atom. The number of anilines is 1. The number of benzene rings is 1. The molecule has 0 unspecified atom stereocenters. The highest BCUT2D eigenvalue weighted by Gasteiger charge is 2.50. The number of amides is 1. The van der Waals surface area contributed by atoms with Crippen LogP contribution >= 0.6 is 0 Å². The third-order valence-corrected chi connectivity index (χ3v) is 6.86. The minimum Gasteiger partial charge on any atom is -0.382 e. The minimum atomic E-state index is -0.892. The molecule has 3 heterocycles. The molecule has 0 saturated carbocycles. The highest BCUT2D eigenvalue weighted by atomic mass is 16.3. The Balaban J connectivity index is 1.26. The third-order valence-electron chi connectivity index (χ3n) is 6.86. The molecule has 2 bridgehead atoms. The first kappa shape index (κ1) is 17.9. The quantitative estimate of drug-likeness (QED) is 0.854. The maximum atomic E-state index is 12.7. The molecule has 148 valence electrons. The van der Waals surface area contributed by atoms with E-state index in [9.17, 15) is 9.90 Å². The lowest BCUT2D eigenvalue weighted by molar-refractivity contribution is -0.121. The van der Waals surface area contributed by atoms with E-state index in [-0.39, 0.29) is 18.0 Å². The summed E-state index contributed by atoms with van der Waals surface area (Å²) >= 11 is 0. The lowest BCUT2D eigenvalue weighted by atomic mass is 9.85. The van der Waals surface area contributed by atoms with Gasteiger partial charge in [0.05, 0.1) is 6.54 Å². The number of rotatable bonds is 4. The second-order valence-corrected chi connectivity index (χ2v) is 8.74. The Bertz CT molecular complexity index is 892. The summed E-state index contributed by atoms with van der Waals surface area (Å²) in [6, 6.07) is 6.75. The Hall–Kier alpha value is -2.18. The molecule has 2 N–H and O–H groups in total. The maximum Gasteiger partial charge on any atom is 0.238 e. The Kier molecular flexibility index (Phi) is 4.29. The second kappa shape index (κ2) is 6.71. The fraction of sp³-hybridized carbons (Fsp3) is 0.545. The fourth-order valence-corrected chi connectivity index (χ4v) is 5.59. The van der Waals surface area contributed by atoms with Gasteiger partial charge in [-0.2, -0.15) is 0 Å². The number of piperidine rings is 1. The van der Waals surface area contributed by atoms with E-state index in [1.165, 1.54) is 17.5 Å². The van der Waals surface area contributed by atoms with Gasteiger partial charge in [0.2, 0.25) is 5.91 Å². The van der Waals surface area contributed by atoms with E-state index in [1.807, 2.05) is 23.9 Å². The molecule has 0 spiro atoms. The number of hydrogen-bond donors (Lipinski definition) is 2. The summed E-state index contributed by atoms with van der Waals surface area (Å²) in [5, 5.41) is 14.3. The highest BCUT2D eigenvalue weighted by molar-refractivity contribution is 5.92. The SMILES string of the molecule is Cn1ccnc1C1(O)C[C@@H]2CC[C@@H](C1)N2CC(=O)Nc1ccc2c(c1)CCC2. The van der Waals surface area contributed by atoms with Gasteiger partial charge in [0.1, 0.15) is 11.4 Å². The molecular formula is C22H28N4O2. The van der Waals surface area contributed by atoms with Crippen molar-refractivity contribution >= 4 is 11.6 Å². The highest BCUT2D eigenvalue weighted by Crippen LogP contribution is 2.45. The van der Waals surface area contributed by atoms with Crippen LogP contribution in [0, 0.1) is 0 Å². The Morgan fingerprint density at radius 1 is 1.25 bits per heavy atom. The van der Waals surface area contributed by atoms with Crippen LogP contribution in [0.5, 0.6) is 0 Å². The minimum absolute atomic E-state index is 0.0391. The van der Waals surface area contributed by atoms with E-state index < -0.39 is 5.60 Å². The molecule has 2 aliphatic heterocycles. The maximum absolute atomic E-state index is 12.7. The van der Waals surface area contributed by atoms with Crippen molar-refractivity contribution in [2.45, 2.75) is 62.6 Å². The monoisotopic (exact) mass is 380 g/mol. The normalized spacial score (nSPS) is 29.1. The number of carbonyl (C=O) groups is 1. The molecule has 2 fully saturated rings. The topological polar surface area (TPSA) is 70.4 Å². The molecule has 6 heteroatoms. The van der Waals surface area contributed by atoms with Gasteiger partial charge in [-0.1, -0.05) is 6.07 Å². The molecule has 28 heavy (non-hydrogen) atoms. The van der Waals surface area contributed by atoms with E-state index in [1.54, 1.807) is 6.20 Å². The van der Waals surface area contributed by atoms with E-state index in [0.29, 0.717) is 19.4 Å². The van der Waals surface area contributed by atoms with Crippen LogP contribution in [0.2, 0.25) is 0 Å². The van der Waals surface area contributed by atoms with E-state index in [0.717, 1.165) is 37.2 Å². The average molecular weight is 380 g/mol. The van der Waals surface area contributed by atoms with Crippen molar-refractivity contribution in [1.29, 1.82) is 0 Å². The van der Waals surface area contributed by atoms with Crippen molar-refractivity contribution in [3.63, 3.8) is 0 Å². The molecule has 1 aromatic heterocycles. The van der Waals surface area contributed by atoms with Crippen LogP contribution in [-0.4, -0.2) is 44.1 Å². The van der Waals surface area contributed by atoms with Crippen LogP contribution in [0.15, 0.2) is 30.6 Å². The van der Waals surface area contributed by atoms with Gasteiger partial charge in [-0.15, -0.1) is 0 Å². The van der Waals surface area contributed by atoms with Gasteiger partial charge in [-0.3, -0.25) is 9.69 Å². The first-order chi connectivity index (χ1) is 13.5. The summed E-state index contributed by atoms with van der Waals surface area (Å²) in [7, 11) is 1.93. The van der Waals surface area contributed by atoms with E-state index >= 15 is 0 Å². The number of aryl methyl sites for hydroxylation is 3. The molecule has 1 aliphatic carbocycles. The van der Waals surface area contributed by atoms with Gasteiger partial charge in [0.15, 0.2) is 0 Å². The smallest absolute Gasteiger partial charge is 0.238 e. The number of hydrogen-bond acceptors (Lipinski definition) is 4. The van der Waals surface area contributed by atoms with Crippen molar-refractivity contribution in [1.82, 2.24) is 14.5 Å². The number of nitrogens with zero attached hydrogens (tertiary/aromatic N) is 3. The van der Waals surface area contributed by atoms with Gasteiger partial charge < -0.3 is 15.0 Å². The van der Waals surface area contributed by atoms with Gasteiger partial charge in [-0.25, -0.2) is 4.98 Å². The molecule has 5 rings (SSSR count). The first-order valence-electron chi connectivity index (χ1n) is 10.4. The molecule has 1 amide bonds. The Labute approximate surface area is 165 Å². The lowest BCUT2D eigenvalue weighted by Gasteiger charge is -2.43. The predicted molar refractivity (Wildman–Crippen MR) is 107 cm³/mol. The van der Waals surface area contributed by atoms with E-state index in [2.05, 4.69) is 27.3 Å². The number of aromatic nitrogens is 2. The van der Waals surface area contributed by atoms with Gasteiger partial charge in [0.25, 0.3) is 0 Å². The molecule has 2 aromatic rings. The van der Waals surface area contributed by atoms with Gasteiger partial charge in [0, 0.05) is 37.2 Å². The summed E-state index contributed by atoms with van der Waals surface area (Å²) in [5.41, 5.74) is 2.80. The van der Waals surface area contributed by atoms with Crippen molar-refractivity contribution in [3.8, 4) is 0 Å². The van der Waals surface area contributed by atoms with Crippen LogP contribution < -0.4 is 5.32 Å². The summed E-state index contributed by atoms with van der Waals surface area (Å²) in [5.74, 6) is 0.781. The van der Waals surface area contributed by atoms with Crippen molar-refractivity contribution in [3.05, 3.63) is 47.5 Å². The zero-order chi connectivity index (χ0) is 19.3. The number of carbonyl (C=O) groups excluding carboxylic acids is 1. The first-order valence-corrected chi connectivity index (χ1v) is 10.4. The molecule has 2 atom stereocenters.